The van der Waals surface area contributed by atoms with Gasteiger partial charge in [0.05, 0.1) is 12.2 Å². The molecule has 0 radical (unpaired) electrons. The number of carbonyl (C=O) groups is 1. The average Bonchev–Trinajstić information content (AvgIpc) is 2.92. The summed E-state index contributed by atoms with van der Waals surface area (Å²) in [6, 6.07) is 2.38. The minimum absolute atomic E-state index is 0.147. The molecule has 3 aromatic heterocycles. The van der Waals surface area contributed by atoms with E-state index in [1.165, 1.54) is 23.5 Å². The number of aromatic carboxylic acids is 1. The number of carboxylic acid groups (broad SMARTS) is 1. The van der Waals surface area contributed by atoms with E-state index in [0.29, 0.717) is 5.69 Å². The lowest BCUT2D eigenvalue weighted by Crippen LogP contribution is -2.25. The molecule has 0 saturated heterocycles. The Hall–Kier alpha value is -2.48. The van der Waals surface area contributed by atoms with E-state index in [2.05, 4.69) is 10.1 Å². The molecule has 96 valence electrons. The smallest absolute Gasteiger partial charge is 0.356 e. The first-order valence-electron chi connectivity index (χ1n) is 5.36. The van der Waals surface area contributed by atoms with Crippen LogP contribution < -0.4 is 5.56 Å². The van der Waals surface area contributed by atoms with Crippen LogP contribution in [0.3, 0.4) is 0 Å². The molecule has 7 nitrogen and oxygen atoms in total. The van der Waals surface area contributed by atoms with Gasteiger partial charge in [0.2, 0.25) is 0 Å². The van der Waals surface area contributed by atoms with Crippen molar-refractivity contribution in [3.8, 4) is 0 Å². The molecule has 3 aromatic rings. The van der Waals surface area contributed by atoms with E-state index in [1.807, 2.05) is 16.0 Å². The average molecular weight is 276 g/mol. The van der Waals surface area contributed by atoms with E-state index in [4.69, 9.17) is 5.11 Å². The molecule has 8 heteroatoms. The van der Waals surface area contributed by atoms with Crippen LogP contribution in [0.2, 0.25) is 0 Å². The van der Waals surface area contributed by atoms with E-state index in [9.17, 15) is 9.59 Å². The van der Waals surface area contributed by atoms with Gasteiger partial charge in [-0.25, -0.2) is 14.5 Å². The van der Waals surface area contributed by atoms with E-state index in [0.717, 1.165) is 9.64 Å². The quantitative estimate of drug-likeness (QED) is 0.760. The van der Waals surface area contributed by atoms with Crippen LogP contribution in [0.4, 0.5) is 0 Å². The van der Waals surface area contributed by atoms with Crippen LogP contribution in [0.5, 0.6) is 0 Å². The third-order valence-corrected chi connectivity index (χ3v) is 3.31. The second-order valence-electron chi connectivity index (χ2n) is 3.84. The largest absolute Gasteiger partial charge is 0.476 e. The molecule has 0 spiro atoms. The van der Waals surface area contributed by atoms with Gasteiger partial charge in [-0.05, 0) is 6.07 Å². The first kappa shape index (κ1) is 11.6. The minimum atomic E-state index is -1.17. The molecule has 0 amide bonds. The van der Waals surface area contributed by atoms with E-state index in [1.54, 1.807) is 6.20 Å². The second kappa shape index (κ2) is 4.32. The van der Waals surface area contributed by atoms with Crippen molar-refractivity contribution in [2.24, 2.45) is 0 Å². The molecule has 0 saturated carbocycles. The van der Waals surface area contributed by atoms with Gasteiger partial charge >= 0.3 is 5.97 Å². The highest BCUT2D eigenvalue weighted by atomic mass is 32.1. The molecule has 0 aliphatic carbocycles. The maximum atomic E-state index is 11.6. The van der Waals surface area contributed by atoms with Crippen LogP contribution in [0.25, 0.3) is 4.96 Å². The lowest BCUT2D eigenvalue weighted by molar-refractivity contribution is 0.0687. The Kier molecular flexibility index (Phi) is 2.64. The van der Waals surface area contributed by atoms with E-state index < -0.39 is 5.97 Å². The van der Waals surface area contributed by atoms with Crippen molar-refractivity contribution >= 4 is 22.3 Å². The number of thiazole rings is 1. The Bertz CT molecular complexity index is 788. The normalized spacial score (nSPS) is 10.9. The summed E-state index contributed by atoms with van der Waals surface area (Å²) in [4.78, 5) is 27.6. The summed E-state index contributed by atoms with van der Waals surface area (Å²) in [6.45, 7) is 0.147. The number of aromatic nitrogens is 4. The van der Waals surface area contributed by atoms with E-state index in [-0.39, 0.29) is 17.8 Å². The SMILES string of the molecule is O=C(O)c1ccc(=O)n(Cc2cn3ccsc3n2)n1. The number of hydrogen-bond acceptors (Lipinski definition) is 5. The molecule has 0 unspecified atom stereocenters. The lowest BCUT2D eigenvalue weighted by atomic mass is 10.4. The highest BCUT2D eigenvalue weighted by Crippen LogP contribution is 2.11. The van der Waals surface area contributed by atoms with Gasteiger partial charge in [-0.15, -0.1) is 11.3 Å². The van der Waals surface area contributed by atoms with Crippen LogP contribution in [0.15, 0.2) is 34.7 Å². The monoisotopic (exact) mass is 276 g/mol. The molecule has 3 rings (SSSR count). The Morgan fingerprint density at radius 3 is 3.00 bits per heavy atom. The van der Waals surface area contributed by atoms with E-state index >= 15 is 0 Å². The molecule has 3 heterocycles. The Balaban J connectivity index is 1.98. The molecule has 19 heavy (non-hydrogen) atoms. The van der Waals surface area contributed by atoms with Crippen molar-refractivity contribution in [2.45, 2.75) is 6.54 Å². The first-order valence-corrected chi connectivity index (χ1v) is 6.24. The molecule has 0 fully saturated rings. The summed E-state index contributed by atoms with van der Waals surface area (Å²) in [7, 11) is 0. The summed E-state index contributed by atoms with van der Waals surface area (Å²) in [5, 5.41) is 14.5. The molecular formula is C11H8N4O3S. The third-order valence-electron chi connectivity index (χ3n) is 2.54. The minimum Gasteiger partial charge on any atom is -0.476 e. The number of nitrogens with zero attached hydrogens (tertiary/aromatic N) is 4. The van der Waals surface area contributed by atoms with Gasteiger partial charge in [-0.3, -0.25) is 9.20 Å². The Labute approximate surface area is 110 Å². The van der Waals surface area contributed by atoms with Crippen LogP contribution in [-0.2, 0) is 6.54 Å². The summed E-state index contributed by atoms with van der Waals surface area (Å²) >= 11 is 1.48. The van der Waals surface area contributed by atoms with Gasteiger partial charge in [0.1, 0.15) is 0 Å². The highest BCUT2D eigenvalue weighted by Gasteiger charge is 2.09. The van der Waals surface area contributed by atoms with Gasteiger partial charge in [0, 0.05) is 23.8 Å². The zero-order chi connectivity index (χ0) is 13.4. The van der Waals surface area contributed by atoms with Gasteiger partial charge in [0.15, 0.2) is 10.7 Å². The summed E-state index contributed by atoms with van der Waals surface area (Å²) in [5.41, 5.74) is 0.131. The van der Waals surface area contributed by atoms with Gasteiger partial charge < -0.3 is 5.11 Å². The summed E-state index contributed by atoms with van der Waals surface area (Å²) in [5.74, 6) is -1.17. The highest BCUT2D eigenvalue weighted by molar-refractivity contribution is 7.15. The summed E-state index contributed by atoms with van der Waals surface area (Å²) < 4.78 is 2.93. The number of fused-ring (bicyclic) bond motifs is 1. The van der Waals surface area contributed by atoms with Crippen molar-refractivity contribution in [3.63, 3.8) is 0 Å². The van der Waals surface area contributed by atoms with Gasteiger partial charge in [-0.2, -0.15) is 5.10 Å². The fourth-order valence-corrected chi connectivity index (χ4v) is 2.40. The fraction of sp³-hybridized carbons (Fsp3) is 0.0909. The second-order valence-corrected chi connectivity index (χ2v) is 4.72. The number of carboxylic acids is 1. The van der Waals surface area contributed by atoms with Crippen molar-refractivity contribution in [2.75, 3.05) is 0 Å². The van der Waals surface area contributed by atoms with Crippen molar-refractivity contribution in [1.29, 1.82) is 0 Å². The molecule has 0 atom stereocenters. The van der Waals surface area contributed by atoms with Gasteiger partial charge in [-0.1, -0.05) is 0 Å². The third kappa shape index (κ3) is 2.13. The van der Waals surface area contributed by atoms with Crippen LogP contribution in [0, 0.1) is 0 Å². The number of rotatable bonds is 3. The molecular weight excluding hydrogens is 268 g/mol. The van der Waals surface area contributed by atoms with Crippen molar-refractivity contribution in [1.82, 2.24) is 19.2 Å². The Morgan fingerprint density at radius 2 is 2.26 bits per heavy atom. The van der Waals surface area contributed by atoms with Crippen LogP contribution >= 0.6 is 11.3 Å². The van der Waals surface area contributed by atoms with Crippen LogP contribution in [-0.4, -0.2) is 30.2 Å². The van der Waals surface area contributed by atoms with Crippen molar-refractivity contribution < 1.29 is 9.90 Å². The molecule has 0 aliphatic heterocycles. The summed E-state index contributed by atoms with van der Waals surface area (Å²) in [6.07, 6.45) is 3.65. The zero-order valence-electron chi connectivity index (χ0n) is 9.55. The molecule has 0 aliphatic rings. The van der Waals surface area contributed by atoms with Gasteiger partial charge in [0.25, 0.3) is 5.56 Å². The molecule has 0 aromatic carbocycles. The number of hydrogen-bond donors (Lipinski definition) is 1. The number of imidazole rings is 1. The maximum absolute atomic E-state index is 11.6. The predicted octanol–water partition coefficient (Wildman–Crippen LogP) is 0.699. The molecule has 0 bridgehead atoms. The Morgan fingerprint density at radius 1 is 1.42 bits per heavy atom. The predicted molar refractivity (Wildman–Crippen MR) is 67.6 cm³/mol. The standard InChI is InChI=1S/C11H8N4O3S/c16-9-2-1-8(10(17)18)13-15(9)6-7-5-14-3-4-19-11(14)12-7/h1-5H,6H2,(H,17,18). The molecule has 1 N–H and O–H groups in total. The topological polar surface area (TPSA) is 89.5 Å². The lowest BCUT2D eigenvalue weighted by Gasteiger charge is -2.02. The zero-order valence-corrected chi connectivity index (χ0v) is 10.4. The maximum Gasteiger partial charge on any atom is 0.356 e. The fourth-order valence-electron chi connectivity index (χ4n) is 1.68. The first-order chi connectivity index (χ1) is 9.13. The van der Waals surface area contributed by atoms with Crippen molar-refractivity contribution in [3.05, 3.63) is 51.6 Å². The van der Waals surface area contributed by atoms with Crippen LogP contribution in [0.1, 0.15) is 16.2 Å².